The Morgan fingerprint density at radius 2 is 2.12 bits per heavy atom. The van der Waals surface area contributed by atoms with E-state index in [1.807, 2.05) is 31.2 Å². The maximum atomic E-state index is 6.01. The highest BCUT2D eigenvalue weighted by Crippen LogP contribution is 2.19. The number of piperidine rings is 1. The minimum absolute atomic E-state index is 0.163. The monoisotopic (exact) mass is 354 g/mol. The van der Waals surface area contributed by atoms with E-state index in [2.05, 4.69) is 20.0 Å². The van der Waals surface area contributed by atoms with Crippen molar-refractivity contribution in [3.05, 3.63) is 54.1 Å². The molecule has 0 amide bonds. The molecule has 136 valence electrons. The highest BCUT2D eigenvalue weighted by atomic mass is 16.5. The summed E-state index contributed by atoms with van der Waals surface area (Å²) in [4.78, 5) is 10.8. The lowest BCUT2D eigenvalue weighted by Crippen LogP contribution is -2.39. The number of likely N-dealkylation sites (tertiary alicyclic amines) is 1. The van der Waals surface area contributed by atoms with Gasteiger partial charge in [-0.25, -0.2) is 0 Å². The van der Waals surface area contributed by atoms with Crippen LogP contribution in [0.5, 0.6) is 0 Å². The largest absolute Gasteiger partial charge is 0.465 e. The lowest BCUT2D eigenvalue weighted by molar-refractivity contribution is -0.0223. The first kappa shape index (κ1) is 16.9. The zero-order valence-corrected chi connectivity index (χ0v) is 14.8. The number of hydrogen-bond acceptors (Lipinski definition) is 7. The second-order valence-corrected chi connectivity index (χ2v) is 6.57. The van der Waals surface area contributed by atoms with Gasteiger partial charge in [0, 0.05) is 24.5 Å². The Morgan fingerprint density at radius 3 is 2.92 bits per heavy atom. The number of rotatable bonds is 6. The molecule has 1 fully saturated rings. The third-order valence-corrected chi connectivity index (χ3v) is 4.49. The minimum atomic E-state index is 0.163. The van der Waals surface area contributed by atoms with E-state index >= 15 is 0 Å². The van der Waals surface area contributed by atoms with Crippen molar-refractivity contribution >= 4 is 0 Å². The molecule has 7 nitrogen and oxygen atoms in total. The minimum Gasteiger partial charge on any atom is -0.465 e. The van der Waals surface area contributed by atoms with Crippen LogP contribution >= 0.6 is 0 Å². The maximum absolute atomic E-state index is 6.01. The van der Waals surface area contributed by atoms with Crippen LogP contribution in [0.15, 0.2) is 45.6 Å². The summed E-state index contributed by atoms with van der Waals surface area (Å²) in [6.45, 7) is 5.06. The fourth-order valence-corrected chi connectivity index (χ4v) is 3.20. The van der Waals surface area contributed by atoms with Crippen molar-refractivity contribution in [2.24, 2.45) is 0 Å². The highest BCUT2D eigenvalue weighted by Gasteiger charge is 2.22. The SMILES string of the molecule is Cc1ccc(CN2CCCC(OCc3nc(-c4ccncc4)no3)C2)o1. The van der Waals surface area contributed by atoms with E-state index in [-0.39, 0.29) is 6.10 Å². The summed E-state index contributed by atoms with van der Waals surface area (Å²) in [5.74, 6) is 3.01. The lowest BCUT2D eigenvalue weighted by Gasteiger charge is -2.31. The highest BCUT2D eigenvalue weighted by molar-refractivity contribution is 5.52. The van der Waals surface area contributed by atoms with Crippen molar-refractivity contribution < 1.29 is 13.7 Å². The molecule has 1 unspecified atom stereocenters. The number of ether oxygens (including phenoxy) is 1. The second kappa shape index (κ2) is 7.80. The Morgan fingerprint density at radius 1 is 1.23 bits per heavy atom. The van der Waals surface area contributed by atoms with Gasteiger partial charge in [0.2, 0.25) is 5.82 Å². The molecule has 0 N–H and O–H groups in total. The van der Waals surface area contributed by atoms with Crippen LogP contribution in [0.3, 0.4) is 0 Å². The topological polar surface area (TPSA) is 77.4 Å². The third kappa shape index (κ3) is 4.17. The maximum Gasteiger partial charge on any atom is 0.252 e. The first-order valence-corrected chi connectivity index (χ1v) is 8.88. The van der Waals surface area contributed by atoms with E-state index in [0.717, 1.165) is 49.6 Å². The van der Waals surface area contributed by atoms with Gasteiger partial charge >= 0.3 is 0 Å². The normalized spacial score (nSPS) is 18.3. The number of aryl methyl sites for hydroxylation is 1. The van der Waals surface area contributed by atoms with Gasteiger partial charge in [0.15, 0.2) is 0 Å². The molecule has 3 aromatic heterocycles. The van der Waals surface area contributed by atoms with Crippen LogP contribution in [0.2, 0.25) is 0 Å². The van der Waals surface area contributed by atoms with Gasteiger partial charge in [0.25, 0.3) is 5.89 Å². The van der Waals surface area contributed by atoms with Gasteiger partial charge < -0.3 is 13.7 Å². The summed E-state index contributed by atoms with van der Waals surface area (Å²) >= 11 is 0. The number of nitrogens with zero attached hydrogens (tertiary/aromatic N) is 4. The number of furan rings is 1. The molecule has 0 aliphatic carbocycles. The molecule has 0 saturated carbocycles. The summed E-state index contributed by atoms with van der Waals surface area (Å²) in [7, 11) is 0. The second-order valence-electron chi connectivity index (χ2n) is 6.57. The van der Waals surface area contributed by atoms with Crippen LogP contribution in [0, 0.1) is 6.92 Å². The third-order valence-electron chi connectivity index (χ3n) is 4.49. The predicted octanol–water partition coefficient (Wildman–Crippen LogP) is 3.21. The lowest BCUT2D eigenvalue weighted by atomic mass is 10.1. The molecule has 1 atom stereocenters. The van der Waals surface area contributed by atoms with E-state index < -0.39 is 0 Å². The summed E-state index contributed by atoms with van der Waals surface area (Å²) < 4.78 is 17.0. The van der Waals surface area contributed by atoms with E-state index in [0.29, 0.717) is 18.3 Å². The molecule has 4 heterocycles. The molecule has 4 rings (SSSR count). The fourth-order valence-electron chi connectivity index (χ4n) is 3.20. The van der Waals surface area contributed by atoms with Crippen LogP contribution in [0.1, 0.15) is 30.3 Å². The average molecular weight is 354 g/mol. The molecule has 0 radical (unpaired) electrons. The van der Waals surface area contributed by atoms with Crippen molar-refractivity contribution in [2.45, 2.75) is 39.0 Å². The fraction of sp³-hybridized carbons (Fsp3) is 0.421. The van der Waals surface area contributed by atoms with Crippen LogP contribution in [0.25, 0.3) is 11.4 Å². The zero-order valence-electron chi connectivity index (χ0n) is 14.8. The summed E-state index contributed by atoms with van der Waals surface area (Å²) in [6, 6.07) is 7.75. The van der Waals surface area contributed by atoms with Crippen LogP contribution in [0.4, 0.5) is 0 Å². The van der Waals surface area contributed by atoms with Gasteiger partial charge in [-0.15, -0.1) is 0 Å². The van der Waals surface area contributed by atoms with Crippen molar-refractivity contribution in [3.63, 3.8) is 0 Å². The van der Waals surface area contributed by atoms with Crippen molar-refractivity contribution in [1.29, 1.82) is 0 Å². The number of pyridine rings is 1. The molecule has 0 bridgehead atoms. The molecule has 1 aliphatic rings. The predicted molar refractivity (Wildman–Crippen MR) is 94.1 cm³/mol. The van der Waals surface area contributed by atoms with E-state index in [1.54, 1.807) is 12.4 Å². The molecular formula is C19H22N4O3. The van der Waals surface area contributed by atoms with Crippen LogP contribution in [-0.4, -0.2) is 39.2 Å². The molecule has 0 spiro atoms. The smallest absolute Gasteiger partial charge is 0.252 e. The summed E-state index contributed by atoms with van der Waals surface area (Å²) in [5.41, 5.74) is 0.882. The Bertz CT molecular complexity index is 830. The summed E-state index contributed by atoms with van der Waals surface area (Å²) in [6.07, 6.45) is 5.73. The Kier molecular flexibility index (Phi) is 5.08. The van der Waals surface area contributed by atoms with Crippen LogP contribution in [-0.2, 0) is 17.9 Å². The molecule has 26 heavy (non-hydrogen) atoms. The van der Waals surface area contributed by atoms with Crippen LogP contribution < -0.4 is 0 Å². The van der Waals surface area contributed by atoms with E-state index in [4.69, 9.17) is 13.7 Å². The zero-order chi connectivity index (χ0) is 17.8. The Balaban J connectivity index is 1.30. The molecule has 7 heteroatoms. The standard InChI is InChI=1S/C19H22N4O3/c1-14-4-5-17(25-14)12-23-10-2-3-16(11-23)24-13-18-21-19(22-26-18)15-6-8-20-9-7-15/h4-9,16H,2-3,10-13H2,1H3. The molecule has 1 aliphatic heterocycles. The van der Waals surface area contributed by atoms with E-state index in [9.17, 15) is 0 Å². The number of hydrogen-bond donors (Lipinski definition) is 0. The van der Waals surface area contributed by atoms with Crippen molar-refractivity contribution in [1.82, 2.24) is 20.0 Å². The first-order chi connectivity index (χ1) is 12.8. The molecule has 1 saturated heterocycles. The van der Waals surface area contributed by atoms with Gasteiger partial charge in [0.1, 0.15) is 18.1 Å². The van der Waals surface area contributed by atoms with E-state index in [1.165, 1.54) is 0 Å². The van der Waals surface area contributed by atoms with Crippen molar-refractivity contribution in [3.8, 4) is 11.4 Å². The van der Waals surface area contributed by atoms with Gasteiger partial charge in [-0.1, -0.05) is 5.16 Å². The average Bonchev–Trinajstić information content (AvgIpc) is 3.30. The van der Waals surface area contributed by atoms with Gasteiger partial charge in [0.05, 0.1) is 12.6 Å². The Labute approximate surface area is 152 Å². The van der Waals surface area contributed by atoms with Gasteiger partial charge in [-0.3, -0.25) is 9.88 Å². The molecule has 0 aromatic carbocycles. The van der Waals surface area contributed by atoms with Gasteiger partial charge in [-0.2, -0.15) is 4.98 Å². The van der Waals surface area contributed by atoms with Crippen molar-refractivity contribution in [2.75, 3.05) is 13.1 Å². The molecule has 3 aromatic rings. The quantitative estimate of drug-likeness (QED) is 0.672. The molecular weight excluding hydrogens is 332 g/mol. The first-order valence-electron chi connectivity index (χ1n) is 8.88. The van der Waals surface area contributed by atoms with Gasteiger partial charge in [-0.05, 0) is 50.6 Å². The Hall–Kier alpha value is -2.51. The number of aromatic nitrogens is 3. The summed E-state index contributed by atoms with van der Waals surface area (Å²) in [5, 5.41) is 4.01.